The average molecular weight is 248 g/mol. The molecule has 6 nitrogen and oxygen atoms in total. The number of nitrogens with zero attached hydrogens (tertiary/aromatic N) is 2. The Morgan fingerprint density at radius 2 is 2.28 bits per heavy atom. The van der Waals surface area contributed by atoms with Crippen LogP contribution in [0, 0.1) is 0 Å². The third-order valence-corrected chi connectivity index (χ3v) is 2.49. The molecule has 2 heterocycles. The predicted octanol–water partition coefficient (Wildman–Crippen LogP) is 0.967. The Hall–Kier alpha value is -1.95. The summed E-state index contributed by atoms with van der Waals surface area (Å²) in [4.78, 5) is 13.5. The molecular weight excluding hydrogens is 232 g/mol. The van der Waals surface area contributed by atoms with Gasteiger partial charge in [0.2, 0.25) is 17.3 Å². The van der Waals surface area contributed by atoms with Crippen LogP contribution in [-0.2, 0) is 6.42 Å². The van der Waals surface area contributed by atoms with Crippen molar-refractivity contribution in [1.82, 2.24) is 20.5 Å². The molecule has 0 spiro atoms. The van der Waals surface area contributed by atoms with Gasteiger partial charge in [0.15, 0.2) is 0 Å². The van der Waals surface area contributed by atoms with Crippen LogP contribution in [0.5, 0.6) is 0 Å². The predicted molar refractivity (Wildman–Crippen MR) is 67.2 cm³/mol. The minimum atomic E-state index is -0.149. The van der Waals surface area contributed by atoms with Crippen LogP contribution < -0.4 is 10.9 Å². The molecule has 0 fully saturated rings. The second kappa shape index (κ2) is 6.11. The first-order valence-corrected chi connectivity index (χ1v) is 6.02. The van der Waals surface area contributed by atoms with Crippen LogP contribution in [-0.4, -0.2) is 28.3 Å². The van der Waals surface area contributed by atoms with E-state index in [4.69, 9.17) is 4.42 Å². The Kier molecular flexibility index (Phi) is 4.25. The molecule has 0 unspecified atom stereocenters. The molecule has 18 heavy (non-hydrogen) atoms. The van der Waals surface area contributed by atoms with Gasteiger partial charge in [-0.3, -0.25) is 4.79 Å². The lowest BCUT2D eigenvalue weighted by Gasteiger charge is -1.97. The largest absolute Gasteiger partial charge is 0.421 e. The van der Waals surface area contributed by atoms with Crippen molar-refractivity contribution in [2.45, 2.75) is 19.8 Å². The second-order valence-electron chi connectivity index (χ2n) is 3.90. The van der Waals surface area contributed by atoms with E-state index in [1.54, 1.807) is 12.3 Å². The maximum atomic E-state index is 10.9. The maximum absolute atomic E-state index is 10.9. The molecule has 2 aromatic heterocycles. The molecule has 2 rings (SSSR count). The summed E-state index contributed by atoms with van der Waals surface area (Å²) in [5.74, 6) is 1.05. The Labute approximate surface area is 104 Å². The first-order valence-electron chi connectivity index (χ1n) is 6.02. The second-order valence-corrected chi connectivity index (χ2v) is 3.90. The molecule has 0 aliphatic carbocycles. The number of pyridine rings is 1. The number of H-pyrrole nitrogens is 1. The number of aromatic nitrogens is 3. The molecule has 0 amide bonds. The normalized spacial score (nSPS) is 10.7. The number of rotatable bonds is 6. The van der Waals surface area contributed by atoms with Crippen molar-refractivity contribution < 1.29 is 4.42 Å². The molecular formula is C12H16N4O2. The van der Waals surface area contributed by atoms with Crippen LogP contribution in [0.25, 0.3) is 11.5 Å². The highest BCUT2D eigenvalue weighted by atomic mass is 16.4. The number of hydrogen-bond donors (Lipinski definition) is 2. The number of aromatic amines is 1. The van der Waals surface area contributed by atoms with E-state index in [1.807, 2.05) is 0 Å². The summed E-state index contributed by atoms with van der Waals surface area (Å²) in [5.41, 5.74) is 0.573. The Morgan fingerprint density at radius 1 is 1.39 bits per heavy atom. The van der Waals surface area contributed by atoms with Gasteiger partial charge < -0.3 is 14.7 Å². The summed E-state index contributed by atoms with van der Waals surface area (Å²) < 4.78 is 5.52. The van der Waals surface area contributed by atoms with Crippen molar-refractivity contribution in [2.24, 2.45) is 0 Å². The average Bonchev–Trinajstić information content (AvgIpc) is 2.84. The van der Waals surface area contributed by atoms with Crippen LogP contribution in [0.2, 0.25) is 0 Å². The minimum absolute atomic E-state index is 0.149. The quantitative estimate of drug-likeness (QED) is 0.744. The van der Waals surface area contributed by atoms with Gasteiger partial charge in [-0.15, -0.1) is 10.2 Å². The van der Waals surface area contributed by atoms with E-state index in [2.05, 4.69) is 27.4 Å². The van der Waals surface area contributed by atoms with Crippen LogP contribution >= 0.6 is 0 Å². The van der Waals surface area contributed by atoms with E-state index in [-0.39, 0.29) is 5.56 Å². The summed E-state index contributed by atoms with van der Waals surface area (Å²) in [5, 5.41) is 11.2. The number of hydrogen-bond acceptors (Lipinski definition) is 5. The summed E-state index contributed by atoms with van der Waals surface area (Å²) >= 11 is 0. The third kappa shape index (κ3) is 3.27. The first kappa shape index (κ1) is 12.5. The van der Waals surface area contributed by atoms with Crippen molar-refractivity contribution in [2.75, 3.05) is 13.1 Å². The Balaban J connectivity index is 1.97. The Morgan fingerprint density at radius 3 is 3.00 bits per heavy atom. The van der Waals surface area contributed by atoms with Gasteiger partial charge >= 0.3 is 0 Å². The van der Waals surface area contributed by atoms with Gasteiger partial charge in [0.1, 0.15) is 0 Å². The molecule has 0 atom stereocenters. The van der Waals surface area contributed by atoms with Crippen molar-refractivity contribution in [3.05, 3.63) is 34.6 Å². The lowest BCUT2D eigenvalue weighted by molar-refractivity contribution is 0.492. The summed E-state index contributed by atoms with van der Waals surface area (Å²) in [6.45, 7) is 3.97. The van der Waals surface area contributed by atoms with E-state index in [9.17, 15) is 4.79 Å². The van der Waals surface area contributed by atoms with E-state index < -0.39 is 0 Å². The molecule has 0 bridgehead atoms. The van der Waals surface area contributed by atoms with Gasteiger partial charge in [-0.05, 0) is 25.6 Å². The molecule has 0 saturated carbocycles. The summed E-state index contributed by atoms with van der Waals surface area (Å²) in [6, 6.07) is 3.10. The summed E-state index contributed by atoms with van der Waals surface area (Å²) in [6.07, 6.45) is 3.28. The smallest absolute Gasteiger partial charge is 0.249 e. The number of nitrogens with one attached hydrogen (secondary N) is 2. The fraction of sp³-hybridized carbons (Fsp3) is 0.417. The molecule has 2 aromatic rings. The number of aryl methyl sites for hydroxylation is 1. The van der Waals surface area contributed by atoms with Crippen molar-refractivity contribution in [3.8, 4) is 11.5 Å². The minimum Gasteiger partial charge on any atom is -0.421 e. The van der Waals surface area contributed by atoms with Crippen LogP contribution in [0.1, 0.15) is 19.2 Å². The Bertz CT molecular complexity index is 527. The molecule has 0 aliphatic rings. The standard InChI is InChI=1S/C12H16N4O2/c1-2-13-7-3-4-11-15-16-12(18-11)9-5-6-10(17)14-8-9/h5-6,8,13H,2-4,7H2,1H3,(H,14,17). The molecule has 2 N–H and O–H groups in total. The molecule has 0 aromatic carbocycles. The fourth-order valence-electron chi connectivity index (χ4n) is 1.56. The zero-order valence-electron chi connectivity index (χ0n) is 10.3. The van der Waals surface area contributed by atoms with Crippen LogP contribution in [0.3, 0.4) is 0 Å². The van der Waals surface area contributed by atoms with Crippen molar-refractivity contribution in [3.63, 3.8) is 0 Å². The SMILES string of the molecule is CCNCCCc1nnc(-c2ccc(=O)[nH]c2)o1. The van der Waals surface area contributed by atoms with E-state index in [1.165, 1.54) is 6.07 Å². The van der Waals surface area contributed by atoms with Crippen molar-refractivity contribution >= 4 is 0 Å². The maximum Gasteiger partial charge on any atom is 0.249 e. The lowest BCUT2D eigenvalue weighted by atomic mass is 10.3. The topological polar surface area (TPSA) is 83.8 Å². The van der Waals surface area contributed by atoms with Crippen LogP contribution in [0.4, 0.5) is 0 Å². The molecule has 0 aliphatic heterocycles. The van der Waals surface area contributed by atoms with Gasteiger partial charge in [0.05, 0.1) is 5.56 Å². The zero-order valence-corrected chi connectivity index (χ0v) is 10.3. The molecule has 0 saturated heterocycles. The zero-order chi connectivity index (χ0) is 12.8. The summed E-state index contributed by atoms with van der Waals surface area (Å²) in [7, 11) is 0. The van der Waals surface area contributed by atoms with E-state index >= 15 is 0 Å². The lowest BCUT2D eigenvalue weighted by Crippen LogP contribution is -2.14. The third-order valence-electron chi connectivity index (χ3n) is 2.49. The fourth-order valence-corrected chi connectivity index (χ4v) is 1.56. The van der Waals surface area contributed by atoms with Crippen LogP contribution in [0.15, 0.2) is 27.5 Å². The molecule has 0 radical (unpaired) electrons. The molecule has 6 heteroatoms. The first-order chi connectivity index (χ1) is 8.79. The van der Waals surface area contributed by atoms with Gasteiger partial charge in [-0.25, -0.2) is 0 Å². The van der Waals surface area contributed by atoms with E-state index in [0.717, 1.165) is 31.5 Å². The highest BCUT2D eigenvalue weighted by molar-refractivity contribution is 5.49. The molecule has 96 valence electrons. The van der Waals surface area contributed by atoms with E-state index in [0.29, 0.717) is 11.8 Å². The highest BCUT2D eigenvalue weighted by Gasteiger charge is 2.07. The van der Waals surface area contributed by atoms with Gasteiger partial charge in [0, 0.05) is 18.7 Å². The van der Waals surface area contributed by atoms with Gasteiger partial charge in [0.25, 0.3) is 0 Å². The van der Waals surface area contributed by atoms with Gasteiger partial charge in [-0.1, -0.05) is 6.92 Å². The van der Waals surface area contributed by atoms with Gasteiger partial charge in [-0.2, -0.15) is 0 Å². The highest BCUT2D eigenvalue weighted by Crippen LogP contribution is 2.15. The van der Waals surface area contributed by atoms with Crippen molar-refractivity contribution in [1.29, 1.82) is 0 Å². The monoisotopic (exact) mass is 248 g/mol.